The van der Waals surface area contributed by atoms with Gasteiger partial charge >= 0.3 is 5.97 Å². The van der Waals surface area contributed by atoms with Crippen molar-refractivity contribution in [3.8, 4) is 0 Å². The lowest BCUT2D eigenvalue weighted by molar-refractivity contribution is -0.136. The predicted octanol–water partition coefficient (Wildman–Crippen LogP) is 1.85. The second-order valence-corrected chi connectivity index (χ2v) is 2.73. The lowest BCUT2D eigenvalue weighted by Crippen LogP contribution is -2.06. The maximum Gasteiger partial charge on any atom is 0.333 e. The third kappa shape index (κ3) is 2.09. The lowest BCUT2D eigenvalue weighted by atomic mass is 10.0. The van der Waals surface area contributed by atoms with Crippen molar-refractivity contribution in [2.24, 2.45) is 5.92 Å². The molecule has 2 nitrogen and oxygen atoms in total. The van der Waals surface area contributed by atoms with Gasteiger partial charge in [-0.3, -0.25) is 0 Å². The highest BCUT2D eigenvalue weighted by molar-refractivity contribution is 5.87. The molecule has 0 radical (unpaired) electrons. The number of hydrogen-bond donors (Lipinski definition) is 0. The van der Waals surface area contributed by atoms with Crippen LogP contribution in [0, 0.1) is 5.92 Å². The van der Waals surface area contributed by atoms with E-state index in [2.05, 4.69) is 11.3 Å². The fourth-order valence-corrected chi connectivity index (χ4v) is 1.13. The van der Waals surface area contributed by atoms with Gasteiger partial charge in [-0.25, -0.2) is 4.79 Å². The van der Waals surface area contributed by atoms with Crippen LogP contribution in [0.15, 0.2) is 36.5 Å². The van der Waals surface area contributed by atoms with Gasteiger partial charge in [0.2, 0.25) is 0 Å². The normalized spacial score (nSPS) is 15.1. The van der Waals surface area contributed by atoms with Gasteiger partial charge in [-0.1, -0.05) is 30.9 Å². The van der Waals surface area contributed by atoms with Crippen LogP contribution in [-0.4, -0.2) is 13.1 Å². The van der Waals surface area contributed by atoms with E-state index in [9.17, 15) is 4.79 Å². The molecule has 0 aromatic carbocycles. The van der Waals surface area contributed by atoms with E-state index in [0.717, 1.165) is 0 Å². The van der Waals surface area contributed by atoms with Crippen LogP contribution in [-0.2, 0) is 9.53 Å². The summed E-state index contributed by atoms with van der Waals surface area (Å²) < 4.78 is 4.54. The Labute approximate surface area is 72.2 Å². The SMILES string of the molecule is C=C(CC1C=CC=C1)C(=O)OC. The van der Waals surface area contributed by atoms with Crippen molar-refractivity contribution in [1.29, 1.82) is 0 Å². The van der Waals surface area contributed by atoms with E-state index in [1.807, 2.05) is 24.3 Å². The molecule has 12 heavy (non-hydrogen) atoms. The summed E-state index contributed by atoms with van der Waals surface area (Å²) in [5, 5.41) is 0. The van der Waals surface area contributed by atoms with Gasteiger partial charge in [0, 0.05) is 5.57 Å². The number of carbonyl (C=O) groups is 1. The van der Waals surface area contributed by atoms with Crippen LogP contribution >= 0.6 is 0 Å². The predicted molar refractivity (Wildman–Crippen MR) is 47.5 cm³/mol. The first kappa shape index (κ1) is 8.78. The Morgan fingerprint density at radius 2 is 2.08 bits per heavy atom. The molecule has 0 amide bonds. The summed E-state index contributed by atoms with van der Waals surface area (Å²) in [4.78, 5) is 10.9. The van der Waals surface area contributed by atoms with Crippen LogP contribution in [0.2, 0.25) is 0 Å². The first-order valence-corrected chi connectivity index (χ1v) is 3.85. The van der Waals surface area contributed by atoms with E-state index in [1.165, 1.54) is 7.11 Å². The summed E-state index contributed by atoms with van der Waals surface area (Å²) in [5.74, 6) is 0.000278. The summed E-state index contributed by atoms with van der Waals surface area (Å²) in [6, 6.07) is 0. The average Bonchev–Trinajstić information content (AvgIpc) is 2.55. The molecule has 1 rings (SSSR count). The first-order valence-electron chi connectivity index (χ1n) is 3.85. The third-order valence-corrected chi connectivity index (χ3v) is 1.78. The highest BCUT2D eigenvalue weighted by Gasteiger charge is 2.11. The van der Waals surface area contributed by atoms with Gasteiger partial charge in [-0.15, -0.1) is 0 Å². The van der Waals surface area contributed by atoms with Crippen molar-refractivity contribution >= 4 is 5.97 Å². The Kier molecular flexibility index (Phi) is 2.86. The number of allylic oxidation sites excluding steroid dienone is 4. The molecule has 1 aliphatic carbocycles. The molecule has 0 aromatic heterocycles. The topological polar surface area (TPSA) is 26.3 Å². The molecule has 0 fully saturated rings. The molecule has 0 saturated carbocycles. The minimum atomic E-state index is -0.316. The van der Waals surface area contributed by atoms with Crippen molar-refractivity contribution in [1.82, 2.24) is 0 Å². The van der Waals surface area contributed by atoms with Gasteiger partial charge < -0.3 is 4.74 Å². The van der Waals surface area contributed by atoms with Crippen LogP contribution in [0.1, 0.15) is 6.42 Å². The highest BCUT2D eigenvalue weighted by atomic mass is 16.5. The van der Waals surface area contributed by atoms with Crippen molar-refractivity contribution in [2.75, 3.05) is 7.11 Å². The van der Waals surface area contributed by atoms with Crippen LogP contribution in [0.3, 0.4) is 0 Å². The summed E-state index contributed by atoms with van der Waals surface area (Å²) in [7, 11) is 1.37. The number of ether oxygens (including phenoxy) is 1. The van der Waals surface area contributed by atoms with Gasteiger partial charge in [0.25, 0.3) is 0 Å². The van der Waals surface area contributed by atoms with Gasteiger partial charge in [-0.05, 0) is 12.3 Å². The molecule has 0 unspecified atom stereocenters. The molecule has 2 heteroatoms. The quantitative estimate of drug-likeness (QED) is 0.470. The molecular weight excluding hydrogens is 152 g/mol. The zero-order chi connectivity index (χ0) is 8.97. The second-order valence-electron chi connectivity index (χ2n) is 2.73. The molecule has 0 atom stereocenters. The largest absolute Gasteiger partial charge is 0.466 e. The Balaban J connectivity index is 2.41. The van der Waals surface area contributed by atoms with Crippen LogP contribution in [0.25, 0.3) is 0 Å². The average molecular weight is 164 g/mol. The minimum Gasteiger partial charge on any atom is -0.466 e. The molecule has 0 bridgehead atoms. The molecule has 64 valence electrons. The molecular formula is C10H12O2. The lowest BCUT2D eigenvalue weighted by Gasteiger charge is -2.05. The number of esters is 1. The number of carbonyl (C=O) groups excluding carboxylic acids is 1. The van der Waals surface area contributed by atoms with Crippen LogP contribution in [0.4, 0.5) is 0 Å². The third-order valence-electron chi connectivity index (χ3n) is 1.78. The van der Waals surface area contributed by atoms with E-state index < -0.39 is 0 Å². The Hall–Kier alpha value is -1.31. The van der Waals surface area contributed by atoms with Gasteiger partial charge in [0.15, 0.2) is 0 Å². The molecule has 0 saturated heterocycles. The van der Waals surface area contributed by atoms with E-state index in [4.69, 9.17) is 0 Å². The van der Waals surface area contributed by atoms with E-state index >= 15 is 0 Å². The Bertz CT molecular complexity index is 237. The Morgan fingerprint density at radius 1 is 1.50 bits per heavy atom. The molecule has 0 aliphatic heterocycles. The first-order chi connectivity index (χ1) is 5.74. The number of methoxy groups -OCH3 is 1. The van der Waals surface area contributed by atoms with Crippen molar-refractivity contribution in [2.45, 2.75) is 6.42 Å². The fraction of sp³-hybridized carbons (Fsp3) is 0.300. The van der Waals surface area contributed by atoms with E-state index in [0.29, 0.717) is 17.9 Å². The van der Waals surface area contributed by atoms with Crippen LogP contribution < -0.4 is 0 Å². The summed E-state index contributed by atoms with van der Waals surface area (Å²) in [6.07, 6.45) is 8.66. The summed E-state index contributed by atoms with van der Waals surface area (Å²) >= 11 is 0. The molecule has 0 aromatic rings. The zero-order valence-corrected chi connectivity index (χ0v) is 7.12. The van der Waals surface area contributed by atoms with Gasteiger partial charge in [-0.2, -0.15) is 0 Å². The van der Waals surface area contributed by atoms with Crippen molar-refractivity contribution in [3.63, 3.8) is 0 Å². The van der Waals surface area contributed by atoms with E-state index in [1.54, 1.807) is 0 Å². The molecule has 0 heterocycles. The van der Waals surface area contributed by atoms with Crippen molar-refractivity contribution in [3.05, 3.63) is 36.5 Å². The Morgan fingerprint density at radius 3 is 2.58 bits per heavy atom. The minimum absolute atomic E-state index is 0.316. The van der Waals surface area contributed by atoms with Gasteiger partial charge in [0.1, 0.15) is 0 Å². The second kappa shape index (κ2) is 3.90. The standard InChI is InChI=1S/C10H12O2/c1-8(10(11)12-2)7-9-5-3-4-6-9/h3-6,9H,1,7H2,2H3. The van der Waals surface area contributed by atoms with E-state index in [-0.39, 0.29) is 5.97 Å². The highest BCUT2D eigenvalue weighted by Crippen LogP contribution is 2.18. The van der Waals surface area contributed by atoms with Crippen LogP contribution in [0.5, 0.6) is 0 Å². The number of rotatable bonds is 3. The maximum atomic E-state index is 10.9. The number of hydrogen-bond acceptors (Lipinski definition) is 2. The summed E-state index contributed by atoms with van der Waals surface area (Å²) in [6.45, 7) is 3.65. The monoisotopic (exact) mass is 164 g/mol. The summed E-state index contributed by atoms with van der Waals surface area (Å²) in [5.41, 5.74) is 0.527. The maximum absolute atomic E-state index is 10.9. The smallest absolute Gasteiger partial charge is 0.333 e. The van der Waals surface area contributed by atoms with Crippen molar-refractivity contribution < 1.29 is 9.53 Å². The van der Waals surface area contributed by atoms with Gasteiger partial charge in [0.05, 0.1) is 7.11 Å². The molecule has 0 N–H and O–H groups in total. The fourth-order valence-electron chi connectivity index (χ4n) is 1.13. The molecule has 1 aliphatic rings. The zero-order valence-electron chi connectivity index (χ0n) is 7.12. The molecule has 0 spiro atoms.